The third-order valence-corrected chi connectivity index (χ3v) is 10.6. The van der Waals surface area contributed by atoms with Crippen molar-refractivity contribution in [3.63, 3.8) is 0 Å². The van der Waals surface area contributed by atoms with Crippen LogP contribution in [-0.2, 0) is 13.9 Å². The molecule has 1 amide bonds. The zero-order valence-electron chi connectivity index (χ0n) is 21.0. The summed E-state index contributed by atoms with van der Waals surface area (Å²) in [5.41, 5.74) is -1.24. The number of hydrogen-bond donors (Lipinski definition) is 5. The van der Waals surface area contributed by atoms with Gasteiger partial charge in [0, 0.05) is 43.4 Å². The van der Waals surface area contributed by atoms with Crippen LogP contribution in [0.5, 0.6) is 0 Å². The second kappa shape index (κ2) is 10.6. The topological polar surface area (TPSA) is 207 Å². The fraction of sp³-hybridized carbons (Fsp3) is 0.261. The number of carboxylic acids is 1. The quantitative estimate of drug-likeness (QED) is 0.253. The van der Waals surface area contributed by atoms with Crippen LogP contribution in [-0.4, -0.2) is 77.5 Å². The molecule has 18 heteroatoms. The summed E-state index contributed by atoms with van der Waals surface area (Å²) < 4.78 is 58.1. The van der Waals surface area contributed by atoms with E-state index in [1.54, 1.807) is 0 Å². The molecule has 1 saturated heterocycles. The molecule has 2 aromatic carbocycles. The van der Waals surface area contributed by atoms with Crippen molar-refractivity contribution in [3.05, 3.63) is 70.0 Å². The van der Waals surface area contributed by atoms with Crippen LogP contribution >= 0.6 is 15.2 Å². The number of benzene rings is 2. The number of fused-ring (bicyclic) bond motifs is 1. The second-order valence-electron chi connectivity index (χ2n) is 9.21. The average Bonchev–Trinajstić information content (AvgIpc) is 2.88. The molecule has 0 aliphatic carbocycles. The van der Waals surface area contributed by atoms with Gasteiger partial charge in [0.1, 0.15) is 17.2 Å². The number of nitrogens with zero attached hydrogens (tertiary/aromatic N) is 3. The molecule has 0 radical (unpaired) electrons. The monoisotopic (exact) mass is 617 g/mol. The molecule has 0 spiro atoms. The first-order valence-electron chi connectivity index (χ1n) is 11.7. The minimum atomic E-state index is -5.63. The summed E-state index contributed by atoms with van der Waals surface area (Å²) in [4.78, 5) is 77.1. The number of hydrogen-bond acceptors (Lipinski definition) is 7. The number of anilines is 1. The molecule has 220 valence electrons. The van der Waals surface area contributed by atoms with Crippen LogP contribution in [0.4, 0.5) is 19.3 Å². The van der Waals surface area contributed by atoms with Gasteiger partial charge in [0.15, 0.2) is 0 Å². The summed E-state index contributed by atoms with van der Waals surface area (Å²) in [5, 5.41) is 5.82. The van der Waals surface area contributed by atoms with Gasteiger partial charge in [-0.25, -0.2) is 18.4 Å². The van der Waals surface area contributed by atoms with E-state index in [4.69, 9.17) is 0 Å². The van der Waals surface area contributed by atoms with Gasteiger partial charge in [-0.15, -0.1) is 0 Å². The number of carbonyl (C=O) groups is 2. The van der Waals surface area contributed by atoms with Crippen molar-refractivity contribution in [1.29, 1.82) is 0 Å². The molecule has 1 fully saturated rings. The van der Waals surface area contributed by atoms with Crippen molar-refractivity contribution in [3.8, 4) is 5.69 Å². The van der Waals surface area contributed by atoms with Gasteiger partial charge in [-0.1, -0.05) is 0 Å². The number of halogens is 2. The molecule has 3 aromatic rings. The van der Waals surface area contributed by atoms with E-state index >= 15 is 4.39 Å². The lowest BCUT2D eigenvalue weighted by Gasteiger charge is -2.38. The maximum absolute atomic E-state index is 15.3. The lowest BCUT2D eigenvalue weighted by Crippen LogP contribution is -2.50. The first-order chi connectivity index (χ1) is 18.9. The van der Waals surface area contributed by atoms with Crippen LogP contribution in [0, 0.1) is 11.6 Å². The summed E-state index contributed by atoms with van der Waals surface area (Å²) >= 11 is 0. The Kier molecular flexibility index (Phi) is 7.86. The number of aromatic carboxylic acids is 1. The van der Waals surface area contributed by atoms with Crippen LogP contribution in [0.2, 0.25) is 0 Å². The van der Waals surface area contributed by atoms with Gasteiger partial charge in [-0.2, -0.15) is 0 Å². The highest BCUT2D eigenvalue weighted by Crippen LogP contribution is 2.69. The molecule has 5 N–H and O–H groups in total. The standard InChI is InChI=1S/C23H23F2N3O11P2/c1-23(40(33,34)35,41(36,37)38)39-22(32)27-8-6-26(7-9-27)19-11-18-15(10-17(19)25)20(29)16(21(30)31)12-28(18)14-4-2-13(24)3-5-14/h2-5,10-12H,6-9H2,1H3,(H,30,31)(H2,33,34,35)(H2,36,37,38). The van der Waals surface area contributed by atoms with Gasteiger partial charge in [0.25, 0.3) is 0 Å². The van der Waals surface area contributed by atoms with Crippen LogP contribution in [0.15, 0.2) is 47.4 Å². The molecule has 0 bridgehead atoms. The summed E-state index contributed by atoms with van der Waals surface area (Å²) in [7, 11) is -11.3. The van der Waals surface area contributed by atoms with Crippen LogP contribution < -0.4 is 10.3 Å². The van der Waals surface area contributed by atoms with Crippen molar-refractivity contribution in [2.75, 3.05) is 31.1 Å². The Labute approximate surface area is 229 Å². The van der Waals surface area contributed by atoms with E-state index in [1.165, 1.54) is 27.7 Å². The molecular formula is C23H23F2N3O11P2. The number of amides is 1. The van der Waals surface area contributed by atoms with Crippen LogP contribution in [0.25, 0.3) is 16.6 Å². The maximum Gasteiger partial charge on any atom is 0.411 e. The molecule has 14 nitrogen and oxygen atoms in total. The Morgan fingerprint density at radius 2 is 1.51 bits per heavy atom. The van der Waals surface area contributed by atoms with Crippen LogP contribution in [0.1, 0.15) is 17.3 Å². The lowest BCUT2D eigenvalue weighted by molar-refractivity contribution is 0.0566. The molecule has 0 saturated carbocycles. The van der Waals surface area contributed by atoms with Crippen LogP contribution in [0.3, 0.4) is 0 Å². The summed E-state index contributed by atoms with van der Waals surface area (Å²) in [6.07, 6.45) is -0.376. The normalized spacial score (nSPS) is 14.8. The van der Waals surface area contributed by atoms with Gasteiger partial charge in [0.2, 0.25) is 5.43 Å². The van der Waals surface area contributed by atoms with E-state index in [2.05, 4.69) is 4.74 Å². The molecule has 1 aliphatic rings. The number of carboxylic acid groups (broad SMARTS) is 1. The van der Waals surface area contributed by atoms with Crippen molar-refractivity contribution >= 4 is 43.8 Å². The van der Waals surface area contributed by atoms with E-state index in [0.29, 0.717) is 6.92 Å². The smallest absolute Gasteiger partial charge is 0.411 e. The average molecular weight is 617 g/mol. The fourth-order valence-corrected chi connectivity index (χ4v) is 5.94. The fourth-order valence-electron chi connectivity index (χ4n) is 4.19. The first kappa shape index (κ1) is 30.3. The third kappa shape index (κ3) is 5.62. The largest absolute Gasteiger partial charge is 0.477 e. The number of aromatic nitrogens is 1. The summed E-state index contributed by atoms with van der Waals surface area (Å²) in [6.45, 7) is -0.152. The maximum atomic E-state index is 15.3. The van der Waals surface area contributed by atoms with Crippen molar-refractivity contribution in [2.24, 2.45) is 0 Å². The SMILES string of the molecule is CC(OC(=O)N1CCN(c2cc3c(cc2F)c(=O)c(C(=O)O)cn3-c2ccc(F)cc2)CC1)(P(=O)(O)O)P(=O)(O)O. The summed E-state index contributed by atoms with van der Waals surface area (Å²) in [6, 6.07) is 7.06. The Hall–Kier alpha value is -3.65. The highest BCUT2D eigenvalue weighted by molar-refractivity contribution is 7.72. The van der Waals surface area contributed by atoms with Gasteiger partial charge in [0.05, 0.1) is 11.2 Å². The van der Waals surface area contributed by atoms with Crippen molar-refractivity contribution in [2.45, 2.75) is 12.0 Å². The Morgan fingerprint density at radius 1 is 0.951 bits per heavy atom. The number of pyridine rings is 1. The predicted molar refractivity (Wildman–Crippen MR) is 139 cm³/mol. The third-order valence-electron chi connectivity index (χ3n) is 6.65. The van der Waals surface area contributed by atoms with E-state index in [-0.39, 0.29) is 48.5 Å². The molecular weight excluding hydrogens is 594 g/mol. The van der Waals surface area contributed by atoms with Gasteiger partial charge < -0.3 is 43.8 Å². The van der Waals surface area contributed by atoms with Gasteiger partial charge >= 0.3 is 32.3 Å². The van der Waals surface area contributed by atoms with Gasteiger partial charge in [-0.05, 0) is 43.3 Å². The number of carbonyl (C=O) groups excluding carboxylic acids is 1. The van der Waals surface area contributed by atoms with E-state index < -0.39 is 55.0 Å². The van der Waals surface area contributed by atoms with E-state index in [9.17, 15) is 52.6 Å². The zero-order valence-corrected chi connectivity index (χ0v) is 22.8. The predicted octanol–water partition coefficient (Wildman–Crippen LogP) is 2.25. The number of piperazine rings is 1. The van der Waals surface area contributed by atoms with Gasteiger partial charge in [-0.3, -0.25) is 13.9 Å². The Bertz CT molecular complexity index is 1670. The minimum absolute atomic E-state index is 0.0425. The molecule has 1 aliphatic heterocycles. The van der Waals surface area contributed by atoms with E-state index in [0.717, 1.165) is 29.3 Å². The molecule has 4 rings (SSSR count). The Balaban J connectivity index is 1.66. The number of rotatable bonds is 6. The zero-order chi connectivity index (χ0) is 30.5. The minimum Gasteiger partial charge on any atom is -0.477 e. The molecule has 1 aromatic heterocycles. The first-order valence-corrected chi connectivity index (χ1v) is 14.9. The second-order valence-corrected chi connectivity index (χ2v) is 13.4. The highest BCUT2D eigenvalue weighted by atomic mass is 31.2. The molecule has 2 heterocycles. The molecule has 0 unspecified atom stereocenters. The molecule has 41 heavy (non-hydrogen) atoms. The highest BCUT2D eigenvalue weighted by Gasteiger charge is 2.60. The Morgan fingerprint density at radius 3 is 2.02 bits per heavy atom. The van der Waals surface area contributed by atoms with Crippen molar-refractivity contribution < 1.29 is 56.9 Å². The molecule has 0 atom stereocenters. The van der Waals surface area contributed by atoms with E-state index in [1.807, 2.05) is 0 Å². The number of ether oxygens (including phenoxy) is 1. The summed E-state index contributed by atoms with van der Waals surface area (Å²) in [5.74, 6) is -3.01. The van der Waals surface area contributed by atoms with Crippen molar-refractivity contribution in [1.82, 2.24) is 9.47 Å². The lowest BCUT2D eigenvalue weighted by atomic mass is 10.1.